The van der Waals surface area contributed by atoms with Gasteiger partial charge in [-0.2, -0.15) is 13.2 Å². The highest BCUT2D eigenvalue weighted by Crippen LogP contribution is 2.36. The minimum absolute atomic E-state index is 0.00922. The summed E-state index contributed by atoms with van der Waals surface area (Å²) in [6.07, 6.45) is -5.29. The van der Waals surface area contributed by atoms with Crippen LogP contribution in [0.3, 0.4) is 0 Å². The number of hydrogen-bond donors (Lipinski definition) is 1. The van der Waals surface area contributed by atoms with Crippen LogP contribution < -0.4 is 14.8 Å². The molecule has 0 aliphatic carbocycles. The van der Waals surface area contributed by atoms with E-state index in [2.05, 4.69) is 4.74 Å². The number of carbonyl (C=O) groups is 3. The summed E-state index contributed by atoms with van der Waals surface area (Å²) < 4.78 is 52.5. The third-order valence-electron chi connectivity index (χ3n) is 4.05. The van der Waals surface area contributed by atoms with Gasteiger partial charge in [-0.25, -0.2) is 0 Å². The number of alkyl halides is 3. The lowest BCUT2D eigenvalue weighted by molar-refractivity contribution is -0.167. The molecule has 0 bridgehead atoms. The second-order valence-corrected chi connectivity index (χ2v) is 5.98. The van der Waals surface area contributed by atoms with Gasteiger partial charge in [-0.15, -0.1) is 0 Å². The van der Waals surface area contributed by atoms with Crippen LogP contribution in [-0.4, -0.2) is 37.7 Å². The first-order valence-corrected chi connectivity index (χ1v) is 8.21. The summed E-state index contributed by atoms with van der Waals surface area (Å²) in [6, 6.07) is 7.89. The van der Waals surface area contributed by atoms with Gasteiger partial charge >= 0.3 is 18.1 Å². The normalized spacial score (nSPS) is 12.4. The van der Waals surface area contributed by atoms with E-state index in [1.165, 1.54) is 37.4 Å². The number of fused-ring (bicyclic) bond motifs is 1. The van der Waals surface area contributed by atoms with Crippen LogP contribution in [-0.2, 0) is 20.7 Å². The highest BCUT2D eigenvalue weighted by atomic mass is 19.4. The minimum Gasteiger partial charge on any atom is -0.469 e. The van der Waals surface area contributed by atoms with Gasteiger partial charge in [0.25, 0.3) is 0 Å². The molecule has 0 fully saturated rings. The maximum Gasteiger partial charge on any atom is 0.471 e. The van der Waals surface area contributed by atoms with Crippen LogP contribution in [0.4, 0.5) is 18.9 Å². The summed E-state index contributed by atoms with van der Waals surface area (Å²) in [5, 5.41) is 1.69. The maximum atomic E-state index is 13.0. The van der Waals surface area contributed by atoms with Gasteiger partial charge in [0.15, 0.2) is 17.3 Å². The number of amides is 1. The van der Waals surface area contributed by atoms with Gasteiger partial charge in [-0.05, 0) is 29.8 Å². The van der Waals surface area contributed by atoms with E-state index in [1.54, 1.807) is 5.32 Å². The molecule has 10 heteroatoms. The third kappa shape index (κ3) is 4.48. The van der Waals surface area contributed by atoms with Gasteiger partial charge < -0.3 is 19.5 Å². The van der Waals surface area contributed by atoms with Crippen molar-refractivity contribution >= 4 is 23.3 Å². The third-order valence-corrected chi connectivity index (χ3v) is 4.05. The predicted octanol–water partition coefficient (Wildman–Crippen LogP) is 2.86. The fourth-order valence-corrected chi connectivity index (χ4v) is 2.67. The van der Waals surface area contributed by atoms with Gasteiger partial charge in [0.1, 0.15) is 0 Å². The van der Waals surface area contributed by atoms with Crippen molar-refractivity contribution in [3.05, 3.63) is 53.1 Å². The van der Waals surface area contributed by atoms with Crippen molar-refractivity contribution < 1.29 is 41.8 Å². The van der Waals surface area contributed by atoms with E-state index in [9.17, 15) is 27.6 Å². The predicted molar refractivity (Wildman–Crippen MR) is 92.8 cm³/mol. The van der Waals surface area contributed by atoms with E-state index < -0.39 is 23.8 Å². The smallest absolute Gasteiger partial charge is 0.469 e. The molecule has 152 valence electrons. The Morgan fingerprint density at radius 2 is 1.79 bits per heavy atom. The van der Waals surface area contributed by atoms with Crippen LogP contribution in [0, 0.1) is 0 Å². The Kier molecular flexibility index (Phi) is 5.44. The molecule has 2 aromatic rings. The van der Waals surface area contributed by atoms with Crippen LogP contribution in [0.25, 0.3) is 0 Å². The molecule has 1 aliphatic heterocycles. The van der Waals surface area contributed by atoms with Gasteiger partial charge in [0, 0.05) is 16.8 Å². The van der Waals surface area contributed by atoms with Crippen molar-refractivity contribution in [2.45, 2.75) is 12.6 Å². The largest absolute Gasteiger partial charge is 0.471 e. The van der Waals surface area contributed by atoms with E-state index >= 15 is 0 Å². The molecule has 0 saturated heterocycles. The highest BCUT2D eigenvalue weighted by molar-refractivity contribution is 6.11. The molecular weight excluding hydrogens is 395 g/mol. The number of ketones is 1. The van der Waals surface area contributed by atoms with Gasteiger partial charge in [-0.1, -0.05) is 12.1 Å². The molecule has 3 rings (SSSR count). The summed E-state index contributed by atoms with van der Waals surface area (Å²) >= 11 is 0. The molecule has 29 heavy (non-hydrogen) atoms. The summed E-state index contributed by atoms with van der Waals surface area (Å²) in [4.78, 5) is 35.8. The number of esters is 1. The molecule has 0 unspecified atom stereocenters. The van der Waals surface area contributed by atoms with E-state index in [1.807, 2.05) is 0 Å². The zero-order chi connectivity index (χ0) is 21.2. The first-order valence-electron chi connectivity index (χ1n) is 8.21. The van der Waals surface area contributed by atoms with Crippen molar-refractivity contribution in [2.24, 2.45) is 0 Å². The zero-order valence-electron chi connectivity index (χ0n) is 15.0. The Balaban J connectivity index is 1.95. The lowest BCUT2D eigenvalue weighted by atomic mass is 9.95. The molecule has 1 heterocycles. The SMILES string of the molecule is COC(=O)Cc1cc2c(cc1C(=O)c1cccc(NC(=O)C(F)(F)F)c1)OCO2. The second-order valence-electron chi connectivity index (χ2n) is 5.98. The van der Waals surface area contributed by atoms with E-state index in [-0.39, 0.29) is 30.0 Å². The average Bonchev–Trinajstić information content (AvgIpc) is 3.13. The molecule has 1 N–H and O–H groups in total. The van der Waals surface area contributed by atoms with Crippen LogP contribution in [0.1, 0.15) is 21.5 Å². The van der Waals surface area contributed by atoms with E-state index in [4.69, 9.17) is 9.47 Å². The minimum atomic E-state index is -5.06. The summed E-state index contributed by atoms with van der Waals surface area (Å²) in [7, 11) is 1.20. The molecule has 0 atom stereocenters. The van der Waals surface area contributed by atoms with Crippen LogP contribution in [0.5, 0.6) is 11.5 Å². The Morgan fingerprint density at radius 3 is 2.45 bits per heavy atom. The van der Waals surface area contributed by atoms with Crippen molar-refractivity contribution in [3.63, 3.8) is 0 Å². The number of halogens is 3. The molecule has 1 amide bonds. The quantitative estimate of drug-likeness (QED) is 0.603. The second kappa shape index (κ2) is 7.82. The van der Waals surface area contributed by atoms with Crippen molar-refractivity contribution in [1.82, 2.24) is 0 Å². The van der Waals surface area contributed by atoms with Crippen LogP contribution >= 0.6 is 0 Å². The Hall–Kier alpha value is -3.56. The molecule has 0 radical (unpaired) electrons. The molecule has 7 nitrogen and oxygen atoms in total. The number of anilines is 1. The van der Waals surface area contributed by atoms with Gasteiger partial charge in [-0.3, -0.25) is 14.4 Å². The van der Waals surface area contributed by atoms with Crippen LogP contribution in [0.2, 0.25) is 0 Å². The lowest BCUT2D eigenvalue weighted by Gasteiger charge is -2.12. The van der Waals surface area contributed by atoms with Crippen molar-refractivity contribution in [3.8, 4) is 11.5 Å². The molecule has 0 spiro atoms. The highest BCUT2D eigenvalue weighted by Gasteiger charge is 2.38. The maximum absolute atomic E-state index is 13.0. The standard InChI is InChI=1S/C19H14F3NO6/c1-27-16(24)7-11-6-14-15(29-9-28-14)8-13(11)17(25)10-3-2-4-12(5-10)23-18(26)19(20,21)22/h2-6,8H,7,9H2,1H3,(H,23,26). The molecule has 0 saturated carbocycles. The van der Waals surface area contributed by atoms with Gasteiger partial charge in [0.05, 0.1) is 13.5 Å². The summed E-state index contributed by atoms with van der Waals surface area (Å²) in [5.41, 5.74) is 0.207. The fraction of sp³-hybridized carbons (Fsp3) is 0.211. The number of hydrogen-bond acceptors (Lipinski definition) is 6. The van der Waals surface area contributed by atoms with Crippen LogP contribution in [0.15, 0.2) is 36.4 Å². The Labute approximate surface area is 162 Å². The monoisotopic (exact) mass is 409 g/mol. The van der Waals surface area contributed by atoms with E-state index in [0.717, 1.165) is 6.07 Å². The van der Waals surface area contributed by atoms with Gasteiger partial charge in [0.2, 0.25) is 6.79 Å². The Bertz CT molecular complexity index is 986. The fourth-order valence-electron chi connectivity index (χ4n) is 2.67. The number of rotatable bonds is 5. The summed E-state index contributed by atoms with van der Waals surface area (Å²) in [5.74, 6) is -2.68. The van der Waals surface area contributed by atoms with Crippen molar-refractivity contribution in [2.75, 3.05) is 19.2 Å². The first kappa shape index (κ1) is 20.2. The Morgan fingerprint density at radius 1 is 1.10 bits per heavy atom. The number of methoxy groups -OCH3 is 1. The molecule has 1 aliphatic rings. The topological polar surface area (TPSA) is 90.9 Å². The lowest BCUT2D eigenvalue weighted by Crippen LogP contribution is -2.29. The summed E-state index contributed by atoms with van der Waals surface area (Å²) in [6.45, 7) is -0.0520. The molecule has 2 aromatic carbocycles. The number of nitrogens with one attached hydrogen (secondary N) is 1. The first-order chi connectivity index (χ1) is 13.7. The number of carbonyl (C=O) groups excluding carboxylic acids is 3. The average molecular weight is 409 g/mol. The molecule has 0 aromatic heterocycles. The van der Waals surface area contributed by atoms with Crippen molar-refractivity contribution in [1.29, 1.82) is 0 Å². The number of ether oxygens (including phenoxy) is 3. The molecular formula is C19H14F3NO6. The zero-order valence-corrected chi connectivity index (χ0v) is 15.0. The van der Waals surface area contributed by atoms with E-state index in [0.29, 0.717) is 17.1 Å². The number of benzene rings is 2.